The monoisotopic (exact) mass is 322 g/mol. The minimum atomic E-state index is -0.944. The number of thiophene rings is 1. The highest BCUT2D eigenvalue weighted by atomic mass is 32.1. The van der Waals surface area contributed by atoms with Crippen LogP contribution in [0.3, 0.4) is 0 Å². The Labute approximate surface area is 130 Å². The molecule has 3 heterocycles. The third-order valence-corrected chi connectivity index (χ3v) is 4.21. The average Bonchev–Trinajstić information content (AvgIpc) is 3.16. The molecule has 3 rings (SSSR count). The maximum Gasteiger partial charge on any atom is 0.306 e. The summed E-state index contributed by atoms with van der Waals surface area (Å²) in [4.78, 5) is 29.8. The molecular formula is C14H14N2O5S. The fraction of sp³-hybridized carbons (Fsp3) is 0.357. The Morgan fingerprint density at radius 2 is 2.36 bits per heavy atom. The van der Waals surface area contributed by atoms with Crippen LogP contribution in [0.2, 0.25) is 0 Å². The van der Waals surface area contributed by atoms with E-state index in [0.717, 1.165) is 4.88 Å². The number of amides is 1. The molecule has 1 saturated heterocycles. The molecule has 2 aromatic heterocycles. The van der Waals surface area contributed by atoms with Crippen LogP contribution < -0.4 is 0 Å². The molecule has 1 fully saturated rings. The fourth-order valence-electron chi connectivity index (χ4n) is 2.35. The molecule has 0 spiro atoms. The van der Waals surface area contributed by atoms with Crippen LogP contribution in [-0.4, -0.2) is 52.7 Å². The third kappa shape index (κ3) is 3.02. The van der Waals surface area contributed by atoms with Crippen molar-refractivity contribution in [1.29, 1.82) is 0 Å². The van der Waals surface area contributed by atoms with Crippen molar-refractivity contribution in [3.05, 3.63) is 29.6 Å². The van der Waals surface area contributed by atoms with Crippen LogP contribution in [0.1, 0.15) is 16.9 Å². The first-order valence-electron chi connectivity index (χ1n) is 6.75. The summed E-state index contributed by atoms with van der Waals surface area (Å²) in [6.45, 7) is 0.962. The number of aliphatic carboxylic acids is 1. The van der Waals surface area contributed by atoms with Gasteiger partial charge in [0, 0.05) is 13.1 Å². The molecule has 0 radical (unpaired) electrons. The molecule has 0 aromatic carbocycles. The second kappa shape index (κ2) is 6.29. The zero-order valence-corrected chi connectivity index (χ0v) is 12.4. The summed E-state index contributed by atoms with van der Waals surface area (Å²) in [6.07, 6.45) is 0.630. The molecular weight excluding hydrogens is 308 g/mol. The summed E-state index contributed by atoms with van der Waals surface area (Å²) in [6, 6.07) is 3.73. The Morgan fingerprint density at radius 3 is 3.09 bits per heavy atom. The lowest BCUT2D eigenvalue weighted by atomic mass is 10.2. The molecule has 0 aliphatic carbocycles. The predicted octanol–water partition coefficient (Wildman–Crippen LogP) is 1.72. The van der Waals surface area contributed by atoms with E-state index in [1.807, 2.05) is 17.5 Å². The fourth-order valence-corrected chi connectivity index (χ4v) is 3.07. The second-order valence-electron chi connectivity index (χ2n) is 4.85. The van der Waals surface area contributed by atoms with Crippen molar-refractivity contribution in [1.82, 2.24) is 9.88 Å². The van der Waals surface area contributed by atoms with Crippen LogP contribution in [-0.2, 0) is 9.53 Å². The first-order chi connectivity index (χ1) is 10.6. The molecule has 0 saturated carbocycles. The first kappa shape index (κ1) is 14.7. The van der Waals surface area contributed by atoms with Crippen LogP contribution in [0.15, 0.2) is 28.3 Å². The summed E-state index contributed by atoms with van der Waals surface area (Å²) in [5, 5.41) is 10.7. The predicted molar refractivity (Wildman–Crippen MR) is 77.7 cm³/mol. The van der Waals surface area contributed by atoms with Crippen LogP contribution in [0.4, 0.5) is 0 Å². The third-order valence-electron chi connectivity index (χ3n) is 3.34. The number of ether oxygens (including phenoxy) is 1. The van der Waals surface area contributed by atoms with Crippen molar-refractivity contribution in [3.63, 3.8) is 0 Å². The second-order valence-corrected chi connectivity index (χ2v) is 5.80. The van der Waals surface area contributed by atoms with Gasteiger partial charge in [-0.3, -0.25) is 9.59 Å². The molecule has 22 heavy (non-hydrogen) atoms. The summed E-state index contributed by atoms with van der Waals surface area (Å²) in [5.74, 6) is -0.767. The largest absolute Gasteiger partial charge is 0.481 e. The molecule has 7 nitrogen and oxygen atoms in total. The van der Waals surface area contributed by atoms with Gasteiger partial charge in [-0.25, -0.2) is 4.98 Å². The van der Waals surface area contributed by atoms with Gasteiger partial charge in [-0.15, -0.1) is 11.3 Å². The van der Waals surface area contributed by atoms with Gasteiger partial charge in [0.1, 0.15) is 0 Å². The molecule has 1 N–H and O–H groups in total. The smallest absolute Gasteiger partial charge is 0.306 e. The van der Waals surface area contributed by atoms with Gasteiger partial charge in [0.05, 0.1) is 24.0 Å². The van der Waals surface area contributed by atoms with Gasteiger partial charge < -0.3 is 19.2 Å². The highest BCUT2D eigenvalue weighted by Gasteiger charge is 2.30. The van der Waals surface area contributed by atoms with Crippen molar-refractivity contribution < 1.29 is 23.8 Å². The number of carboxylic acid groups (broad SMARTS) is 1. The molecule has 0 unspecified atom stereocenters. The van der Waals surface area contributed by atoms with Gasteiger partial charge in [-0.05, 0) is 11.4 Å². The Balaban J connectivity index is 1.77. The van der Waals surface area contributed by atoms with Gasteiger partial charge in [-0.1, -0.05) is 6.07 Å². The maximum absolute atomic E-state index is 12.6. The van der Waals surface area contributed by atoms with Crippen molar-refractivity contribution in [2.24, 2.45) is 0 Å². The molecule has 1 atom stereocenters. The number of nitrogens with zero attached hydrogens (tertiary/aromatic N) is 2. The Kier molecular flexibility index (Phi) is 4.21. The Hall–Kier alpha value is -2.19. The number of carboxylic acids is 1. The zero-order chi connectivity index (χ0) is 15.5. The van der Waals surface area contributed by atoms with Gasteiger partial charge in [0.15, 0.2) is 17.8 Å². The topological polar surface area (TPSA) is 92.9 Å². The van der Waals surface area contributed by atoms with Crippen molar-refractivity contribution in [2.45, 2.75) is 12.5 Å². The number of hydrogen-bond donors (Lipinski definition) is 1. The van der Waals surface area contributed by atoms with Gasteiger partial charge in [0.25, 0.3) is 5.91 Å². The number of rotatable bonds is 4. The summed E-state index contributed by atoms with van der Waals surface area (Å²) < 4.78 is 10.7. The number of hydrogen-bond acceptors (Lipinski definition) is 6. The van der Waals surface area contributed by atoms with E-state index in [0.29, 0.717) is 18.9 Å². The van der Waals surface area contributed by atoms with Crippen molar-refractivity contribution >= 4 is 23.2 Å². The minimum absolute atomic E-state index is 0.125. The number of morpholine rings is 1. The first-order valence-corrected chi connectivity index (χ1v) is 7.63. The van der Waals surface area contributed by atoms with Crippen LogP contribution in [0, 0.1) is 0 Å². The van der Waals surface area contributed by atoms with E-state index < -0.39 is 12.1 Å². The summed E-state index contributed by atoms with van der Waals surface area (Å²) >= 11 is 1.46. The summed E-state index contributed by atoms with van der Waals surface area (Å²) in [5.41, 5.74) is 0.249. The van der Waals surface area contributed by atoms with Crippen LogP contribution in [0.25, 0.3) is 10.6 Å². The van der Waals surface area contributed by atoms with Crippen LogP contribution in [0.5, 0.6) is 0 Å². The number of carbonyl (C=O) groups is 2. The highest BCUT2D eigenvalue weighted by Crippen LogP contribution is 2.28. The van der Waals surface area contributed by atoms with Crippen molar-refractivity contribution in [3.8, 4) is 10.6 Å². The number of aromatic nitrogens is 1. The van der Waals surface area contributed by atoms with Gasteiger partial charge in [-0.2, -0.15) is 0 Å². The zero-order valence-electron chi connectivity index (χ0n) is 11.6. The van der Waals surface area contributed by atoms with E-state index in [9.17, 15) is 9.59 Å². The molecule has 2 aromatic rings. The maximum atomic E-state index is 12.6. The van der Waals surface area contributed by atoms with E-state index in [4.69, 9.17) is 14.3 Å². The molecule has 1 aliphatic heterocycles. The van der Waals surface area contributed by atoms with Crippen LogP contribution >= 0.6 is 11.3 Å². The van der Waals surface area contributed by atoms with Gasteiger partial charge >= 0.3 is 5.97 Å². The molecule has 1 aliphatic rings. The van der Waals surface area contributed by atoms with Gasteiger partial charge in [0.2, 0.25) is 0 Å². The van der Waals surface area contributed by atoms with E-state index in [2.05, 4.69) is 4.98 Å². The lowest BCUT2D eigenvalue weighted by molar-refractivity contribution is -0.141. The number of oxazole rings is 1. The SMILES string of the molecule is O=C(O)C[C@@H]1CN(C(=O)c2ncoc2-c2cccs2)CCO1. The molecule has 8 heteroatoms. The molecule has 1 amide bonds. The normalized spacial score (nSPS) is 18.4. The quantitative estimate of drug-likeness (QED) is 0.921. The number of carbonyl (C=O) groups excluding carboxylic acids is 1. The Morgan fingerprint density at radius 1 is 1.50 bits per heavy atom. The standard InChI is InChI=1S/C14H14N2O5S/c17-11(18)6-9-7-16(3-4-20-9)14(19)12-13(21-8-15-12)10-2-1-5-22-10/h1-2,5,8-9H,3-4,6-7H2,(H,17,18)/t9-/m1/s1. The minimum Gasteiger partial charge on any atom is -0.481 e. The Bertz CT molecular complexity index is 667. The van der Waals surface area contributed by atoms with E-state index in [-0.39, 0.29) is 24.6 Å². The van der Waals surface area contributed by atoms with E-state index in [1.165, 1.54) is 17.7 Å². The van der Waals surface area contributed by atoms with E-state index in [1.54, 1.807) is 4.90 Å². The lowest BCUT2D eigenvalue weighted by Crippen LogP contribution is -2.46. The van der Waals surface area contributed by atoms with Crippen molar-refractivity contribution in [2.75, 3.05) is 19.7 Å². The summed E-state index contributed by atoms with van der Waals surface area (Å²) in [7, 11) is 0. The molecule has 116 valence electrons. The van der Waals surface area contributed by atoms with E-state index >= 15 is 0 Å². The highest BCUT2D eigenvalue weighted by molar-refractivity contribution is 7.13. The lowest BCUT2D eigenvalue weighted by Gasteiger charge is -2.31. The average molecular weight is 322 g/mol. The molecule has 0 bridgehead atoms.